The summed E-state index contributed by atoms with van der Waals surface area (Å²) < 4.78 is 0. The summed E-state index contributed by atoms with van der Waals surface area (Å²) in [5.41, 5.74) is 5.94. The maximum absolute atomic E-state index is 12.0. The number of nitrogens with one attached hydrogen (secondary N) is 1. The topological polar surface area (TPSA) is 58.4 Å². The Labute approximate surface area is 104 Å². The van der Waals surface area contributed by atoms with E-state index < -0.39 is 0 Å². The number of likely N-dealkylation sites (tertiary alicyclic amines) is 1. The van der Waals surface area contributed by atoms with E-state index in [1.54, 1.807) is 0 Å². The summed E-state index contributed by atoms with van der Waals surface area (Å²) in [4.78, 5) is 14.4. The zero-order valence-electron chi connectivity index (χ0n) is 10.8. The van der Waals surface area contributed by atoms with Gasteiger partial charge in [-0.05, 0) is 38.3 Å². The van der Waals surface area contributed by atoms with E-state index in [1.165, 1.54) is 13.0 Å². The Morgan fingerprint density at radius 3 is 2.82 bits per heavy atom. The molecule has 0 radical (unpaired) electrons. The van der Waals surface area contributed by atoms with Gasteiger partial charge in [0.2, 0.25) is 5.91 Å². The number of amides is 1. The molecule has 0 spiro atoms. The SMILES string of the molecule is CCN1CCC(CNC(=O)C2CCCC2N)C1. The van der Waals surface area contributed by atoms with Gasteiger partial charge in [-0.3, -0.25) is 4.79 Å². The minimum atomic E-state index is 0.0682. The predicted molar refractivity (Wildman–Crippen MR) is 68.5 cm³/mol. The summed E-state index contributed by atoms with van der Waals surface area (Å²) in [7, 11) is 0. The Balaban J connectivity index is 1.70. The minimum Gasteiger partial charge on any atom is -0.355 e. The van der Waals surface area contributed by atoms with Crippen molar-refractivity contribution in [1.29, 1.82) is 0 Å². The fourth-order valence-corrected chi connectivity index (χ4v) is 3.06. The molecule has 3 atom stereocenters. The Hall–Kier alpha value is -0.610. The van der Waals surface area contributed by atoms with Gasteiger partial charge in [-0.1, -0.05) is 13.3 Å². The summed E-state index contributed by atoms with van der Waals surface area (Å²) in [5, 5.41) is 3.10. The van der Waals surface area contributed by atoms with Gasteiger partial charge in [0.1, 0.15) is 0 Å². The summed E-state index contributed by atoms with van der Waals surface area (Å²) in [6, 6.07) is 0.0886. The molecule has 17 heavy (non-hydrogen) atoms. The molecule has 2 fully saturated rings. The van der Waals surface area contributed by atoms with Crippen molar-refractivity contribution in [3.05, 3.63) is 0 Å². The second-order valence-corrected chi connectivity index (χ2v) is 5.49. The van der Waals surface area contributed by atoms with Gasteiger partial charge in [0.15, 0.2) is 0 Å². The van der Waals surface area contributed by atoms with Crippen molar-refractivity contribution in [2.45, 2.75) is 38.6 Å². The lowest BCUT2D eigenvalue weighted by Gasteiger charge is -2.17. The van der Waals surface area contributed by atoms with Crippen LogP contribution in [0.4, 0.5) is 0 Å². The summed E-state index contributed by atoms with van der Waals surface area (Å²) in [5.74, 6) is 0.889. The molecular weight excluding hydrogens is 214 g/mol. The van der Waals surface area contributed by atoms with Gasteiger partial charge in [0.25, 0.3) is 0 Å². The molecule has 3 N–H and O–H groups in total. The molecule has 0 aromatic rings. The Kier molecular flexibility index (Phi) is 4.40. The zero-order chi connectivity index (χ0) is 12.3. The Morgan fingerprint density at radius 2 is 2.24 bits per heavy atom. The van der Waals surface area contributed by atoms with Crippen molar-refractivity contribution in [2.24, 2.45) is 17.6 Å². The number of rotatable bonds is 4. The first-order valence-corrected chi connectivity index (χ1v) is 6.96. The first-order valence-electron chi connectivity index (χ1n) is 6.96. The van der Waals surface area contributed by atoms with Gasteiger partial charge in [0.05, 0.1) is 5.92 Å². The Bertz CT molecular complexity index is 269. The molecule has 4 heteroatoms. The van der Waals surface area contributed by atoms with Crippen molar-refractivity contribution in [1.82, 2.24) is 10.2 Å². The monoisotopic (exact) mass is 239 g/mol. The van der Waals surface area contributed by atoms with Gasteiger partial charge in [-0.15, -0.1) is 0 Å². The molecule has 0 bridgehead atoms. The van der Waals surface area contributed by atoms with Crippen LogP contribution in [0.15, 0.2) is 0 Å². The second-order valence-electron chi connectivity index (χ2n) is 5.49. The fraction of sp³-hybridized carbons (Fsp3) is 0.923. The average molecular weight is 239 g/mol. The molecule has 3 unspecified atom stereocenters. The molecule has 1 saturated carbocycles. The maximum Gasteiger partial charge on any atom is 0.224 e. The van der Waals surface area contributed by atoms with Crippen LogP contribution in [0.5, 0.6) is 0 Å². The predicted octanol–water partition coefficient (Wildman–Crippen LogP) is 0.572. The minimum absolute atomic E-state index is 0.0682. The number of nitrogens with zero attached hydrogens (tertiary/aromatic N) is 1. The van der Waals surface area contributed by atoms with Crippen molar-refractivity contribution >= 4 is 5.91 Å². The van der Waals surface area contributed by atoms with Crippen LogP contribution in [0.2, 0.25) is 0 Å². The number of hydrogen-bond donors (Lipinski definition) is 2. The highest BCUT2D eigenvalue weighted by Crippen LogP contribution is 2.24. The lowest BCUT2D eigenvalue weighted by molar-refractivity contribution is -0.125. The highest BCUT2D eigenvalue weighted by molar-refractivity contribution is 5.79. The van der Waals surface area contributed by atoms with E-state index in [1.807, 2.05) is 0 Å². The van der Waals surface area contributed by atoms with E-state index in [0.717, 1.165) is 38.9 Å². The fourth-order valence-electron chi connectivity index (χ4n) is 3.06. The molecule has 1 heterocycles. The molecule has 1 saturated heterocycles. The lowest BCUT2D eigenvalue weighted by Crippen LogP contribution is -2.40. The molecule has 98 valence electrons. The highest BCUT2D eigenvalue weighted by atomic mass is 16.1. The van der Waals surface area contributed by atoms with Crippen LogP contribution >= 0.6 is 0 Å². The van der Waals surface area contributed by atoms with Crippen LogP contribution in [0, 0.1) is 11.8 Å². The third-order valence-electron chi connectivity index (χ3n) is 4.29. The quantitative estimate of drug-likeness (QED) is 0.754. The Morgan fingerprint density at radius 1 is 1.41 bits per heavy atom. The molecule has 1 amide bonds. The smallest absolute Gasteiger partial charge is 0.224 e. The van der Waals surface area contributed by atoms with Crippen LogP contribution in [-0.4, -0.2) is 43.0 Å². The third kappa shape index (κ3) is 3.19. The largest absolute Gasteiger partial charge is 0.355 e. The van der Waals surface area contributed by atoms with Gasteiger partial charge in [-0.25, -0.2) is 0 Å². The van der Waals surface area contributed by atoms with E-state index >= 15 is 0 Å². The van der Waals surface area contributed by atoms with Gasteiger partial charge in [-0.2, -0.15) is 0 Å². The van der Waals surface area contributed by atoms with Crippen LogP contribution in [0.3, 0.4) is 0 Å². The molecule has 0 aromatic carbocycles. The van der Waals surface area contributed by atoms with Crippen LogP contribution in [0.1, 0.15) is 32.6 Å². The summed E-state index contributed by atoms with van der Waals surface area (Å²) in [6.45, 7) is 6.46. The first kappa shape index (κ1) is 12.8. The van der Waals surface area contributed by atoms with E-state index in [0.29, 0.717) is 5.92 Å². The standard InChI is InChI=1S/C13H25N3O/c1-2-16-7-6-10(9-16)8-15-13(17)11-4-3-5-12(11)14/h10-12H,2-9,14H2,1H3,(H,15,17). The van der Waals surface area contributed by atoms with Gasteiger partial charge >= 0.3 is 0 Å². The third-order valence-corrected chi connectivity index (χ3v) is 4.29. The van der Waals surface area contributed by atoms with E-state index in [4.69, 9.17) is 5.73 Å². The van der Waals surface area contributed by atoms with E-state index in [2.05, 4.69) is 17.1 Å². The maximum atomic E-state index is 12.0. The first-order chi connectivity index (χ1) is 8.20. The molecule has 2 rings (SSSR count). The summed E-state index contributed by atoms with van der Waals surface area (Å²) in [6.07, 6.45) is 4.29. The second kappa shape index (κ2) is 5.83. The lowest BCUT2D eigenvalue weighted by atomic mass is 10.0. The van der Waals surface area contributed by atoms with Crippen molar-refractivity contribution in [3.8, 4) is 0 Å². The van der Waals surface area contributed by atoms with E-state index in [-0.39, 0.29) is 17.9 Å². The molecule has 1 aliphatic carbocycles. The van der Waals surface area contributed by atoms with Crippen LogP contribution in [0.25, 0.3) is 0 Å². The molecule has 0 aromatic heterocycles. The van der Waals surface area contributed by atoms with Gasteiger partial charge in [0, 0.05) is 19.1 Å². The van der Waals surface area contributed by atoms with Crippen molar-refractivity contribution < 1.29 is 4.79 Å². The number of hydrogen-bond acceptors (Lipinski definition) is 3. The van der Waals surface area contributed by atoms with Crippen LogP contribution in [-0.2, 0) is 4.79 Å². The molecule has 1 aliphatic heterocycles. The zero-order valence-corrected chi connectivity index (χ0v) is 10.8. The number of nitrogens with two attached hydrogens (primary N) is 1. The van der Waals surface area contributed by atoms with Crippen molar-refractivity contribution in [3.63, 3.8) is 0 Å². The average Bonchev–Trinajstić information content (AvgIpc) is 2.94. The van der Waals surface area contributed by atoms with Gasteiger partial charge < -0.3 is 16.0 Å². The molecule has 2 aliphatic rings. The van der Waals surface area contributed by atoms with Crippen LogP contribution < -0.4 is 11.1 Å². The summed E-state index contributed by atoms with van der Waals surface area (Å²) >= 11 is 0. The number of carbonyl (C=O) groups is 1. The molecular formula is C13H25N3O. The normalized spacial score (nSPS) is 34.1. The highest BCUT2D eigenvalue weighted by Gasteiger charge is 2.30. The number of carbonyl (C=O) groups excluding carboxylic acids is 1. The van der Waals surface area contributed by atoms with E-state index in [9.17, 15) is 4.79 Å². The molecule has 4 nitrogen and oxygen atoms in total. The van der Waals surface area contributed by atoms with Crippen molar-refractivity contribution in [2.75, 3.05) is 26.2 Å².